The van der Waals surface area contributed by atoms with Crippen molar-refractivity contribution in [2.24, 2.45) is 5.73 Å². The third-order valence-corrected chi connectivity index (χ3v) is 6.09. The van der Waals surface area contributed by atoms with E-state index in [0.717, 1.165) is 5.56 Å². The highest BCUT2D eigenvalue weighted by Gasteiger charge is 2.47. The number of aromatic nitrogens is 2. The maximum Gasteiger partial charge on any atom is 0.290 e. The summed E-state index contributed by atoms with van der Waals surface area (Å²) >= 11 is 5.89. The monoisotopic (exact) mass is 435 g/mol. The SMILES string of the molecule is C[C@@H]1CC(F)(F)c2ncnc(N3CCN(C(=O)C(N)Cc4ccc(Cl)cc4)CC3)c21. The van der Waals surface area contributed by atoms with Crippen LogP contribution in [0.25, 0.3) is 0 Å². The Bertz CT molecular complexity index is 931. The summed E-state index contributed by atoms with van der Waals surface area (Å²) in [6, 6.07) is 6.63. The lowest BCUT2D eigenvalue weighted by molar-refractivity contribution is -0.132. The molecule has 4 rings (SSSR count). The van der Waals surface area contributed by atoms with Gasteiger partial charge in [-0.15, -0.1) is 0 Å². The first kappa shape index (κ1) is 20.9. The van der Waals surface area contributed by atoms with Gasteiger partial charge in [-0.1, -0.05) is 30.7 Å². The molecule has 2 heterocycles. The van der Waals surface area contributed by atoms with Gasteiger partial charge in [-0.25, -0.2) is 9.97 Å². The van der Waals surface area contributed by atoms with Crippen LogP contribution in [0, 0.1) is 0 Å². The number of fused-ring (bicyclic) bond motifs is 1. The van der Waals surface area contributed by atoms with Gasteiger partial charge in [-0.2, -0.15) is 8.78 Å². The van der Waals surface area contributed by atoms with Gasteiger partial charge < -0.3 is 15.5 Å². The predicted octanol–water partition coefficient (Wildman–Crippen LogP) is 2.95. The number of nitrogens with two attached hydrogens (primary N) is 1. The minimum Gasteiger partial charge on any atom is -0.353 e. The second kappa shape index (κ2) is 8.07. The molecule has 0 spiro atoms. The summed E-state index contributed by atoms with van der Waals surface area (Å²) in [5.74, 6) is -2.78. The van der Waals surface area contributed by atoms with Gasteiger partial charge in [0.15, 0.2) is 0 Å². The summed E-state index contributed by atoms with van der Waals surface area (Å²) in [7, 11) is 0. The molecule has 2 N–H and O–H groups in total. The van der Waals surface area contributed by atoms with Crippen LogP contribution in [-0.4, -0.2) is 53.0 Å². The van der Waals surface area contributed by atoms with Crippen LogP contribution >= 0.6 is 11.6 Å². The summed E-state index contributed by atoms with van der Waals surface area (Å²) in [6.45, 7) is 3.75. The number of alkyl halides is 2. The third-order valence-electron chi connectivity index (χ3n) is 5.84. The molecule has 0 saturated carbocycles. The average Bonchev–Trinajstić information content (AvgIpc) is 2.98. The van der Waals surface area contributed by atoms with Crippen molar-refractivity contribution in [2.45, 2.75) is 37.6 Å². The minimum absolute atomic E-state index is 0.114. The Labute approximate surface area is 179 Å². The van der Waals surface area contributed by atoms with E-state index in [0.29, 0.717) is 49.0 Å². The first-order valence-corrected chi connectivity index (χ1v) is 10.4. The molecular weight excluding hydrogens is 412 g/mol. The summed E-state index contributed by atoms with van der Waals surface area (Å²) in [5.41, 5.74) is 7.46. The van der Waals surface area contributed by atoms with Gasteiger partial charge in [0.05, 0.1) is 6.04 Å². The van der Waals surface area contributed by atoms with Crippen molar-refractivity contribution in [2.75, 3.05) is 31.1 Å². The number of hydrogen-bond acceptors (Lipinski definition) is 5. The van der Waals surface area contributed by atoms with E-state index >= 15 is 0 Å². The molecule has 1 amide bonds. The van der Waals surface area contributed by atoms with Gasteiger partial charge in [0.25, 0.3) is 5.92 Å². The first-order valence-electron chi connectivity index (χ1n) is 10.0. The van der Waals surface area contributed by atoms with Gasteiger partial charge in [-0.3, -0.25) is 4.79 Å². The van der Waals surface area contributed by atoms with Crippen molar-refractivity contribution in [3.63, 3.8) is 0 Å². The zero-order chi connectivity index (χ0) is 21.5. The summed E-state index contributed by atoms with van der Waals surface area (Å²) in [6.07, 6.45) is 1.40. The average molecular weight is 436 g/mol. The van der Waals surface area contributed by atoms with Crippen LogP contribution in [0.4, 0.5) is 14.6 Å². The van der Waals surface area contributed by atoms with Crippen molar-refractivity contribution in [1.82, 2.24) is 14.9 Å². The molecule has 0 bridgehead atoms. The molecule has 1 saturated heterocycles. The quantitative estimate of drug-likeness (QED) is 0.799. The highest BCUT2D eigenvalue weighted by Crippen LogP contribution is 2.49. The van der Waals surface area contributed by atoms with Crippen LogP contribution < -0.4 is 10.6 Å². The number of piperazine rings is 1. The number of carbonyl (C=O) groups excluding carboxylic acids is 1. The molecule has 1 fully saturated rings. The Kier molecular flexibility index (Phi) is 5.63. The van der Waals surface area contributed by atoms with E-state index in [1.807, 2.05) is 17.0 Å². The lowest BCUT2D eigenvalue weighted by atomic mass is 10.0. The van der Waals surface area contributed by atoms with Crippen LogP contribution in [0.1, 0.15) is 36.1 Å². The molecule has 1 unspecified atom stereocenters. The molecule has 1 aromatic heterocycles. The summed E-state index contributed by atoms with van der Waals surface area (Å²) in [4.78, 5) is 24.6. The fraction of sp³-hybridized carbons (Fsp3) is 0.476. The Balaban J connectivity index is 1.40. The van der Waals surface area contributed by atoms with Crippen LogP contribution in [-0.2, 0) is 17.1 Å². The van der Waals surface area contributed by atoms with Crippen molar-refractivity contribution in [3.05, 3.63) is 52.4 Å². The highest BCUT2D eigenvalue weighted by molar-refractivity contribution is 6.30. The number of nitrogens with zero attached hydrogens (tertiary/aromatic N) is 4. The number of rotatable bonds is 4. The lowest BCUT2D eigenvalue weighted by Crippen LogP contribution is -2.54. The van der Waals surface area contributed by atoms with E-state index < -0.39 is 12.0 Å². The number of anilines is 1. The van der Waals surface area contributed by atoms with E-state index in [-0.39, 0.29) is 23.9 Å². The number of benzene rings is 1. The summed E-state index contributed by atoms with van der Waals surface area (Å²) < 4.78 is 28.4. The van der Waals surface area contributed by atoms with Crippen molar-refractivity contribution in [3.8, 4) is 0 Å². The molecule has 2 atom stereocenters. The third kappa shape index (κ3) is 3.98. The topological polar surface area (TPSA) is 75.4 Å². The second-order valence-corrected chi connectivity index (χ2v) is 8.46. The number of amides is 1. The van der Waals surface area contributed by atoms with E-state index in [4.69, 9.17) is 17.3 Å². The Hall–Kier alpha value is -2.32. The van der Waals surface area contributed by atoms with Crippen LogP contribution in [0.15, 0.2) is 30.6 Å². The van der Waals surface area contributed by atoms with Crippen molar-refractivity contribution < 1.29 is 13.6 Å². The van der Waals surface area contributed by atoms with Crippen molar-refractivity contribution >= 4 is 23.3 Å². The maximum absolute atomic E-state index is 14.2. The first-order chi connectivity index (χ1) is 14.3. The Morgan fingerprint density at radius 2 is 1.90 bits per heavy atom. The molecule has 6 nitrogen and oxygen atoms in total. The molecule has 1 aliphatic heterocycles. The minimum atomic E-state index is -2.92. The zero-order valence-corrected chi connectivity index (χ0v) is 17.4. The summed E-state index contributed by atoms with van der Waals surface area (Å²) in [5, 5.41) is 0.637. The smallest absolute Gasteiger partial charge is 0.290 e. The fourth-order valence-corrected chi connectivity index (χ4v) is 4.43. The van der Waals surface area contributed by atoms with Gasteiger partial charge in [0.2, 0.25) is 5.91 Å². The van der Waals surface area contributed by atoms with E-state index in [2.05, 4.69) is 9.97 Å². The van der Waals surface area contributed by atoms with E-state index in [1.54, 1.807) is 24.0 Å². The molecule has 160 valence electrons. The largest absolute Gasteiger partial charge is 0.353 e. The normalized spacial score (nSPS) is 21.4. The molecule has 0 radical (unpaired) electrons. The zero-order valence-electron chi connectivity index (χ0n) is 16.7. The molecule has 2 aromatic rings. The second-order valence-electron chi connectivity index (χ2n) is 8.02. The Morgan fingerprint density at radius 3 is 2.57 bits per heavy atom. The molecule has 2 aliphatic rings. The number of carbonyl (C=O) groups is 1. The van der Waals surface area contributed by atoms with Gasteiger partial charge in [0.1, 0.15) is 17.8 Å². The van der Waals surface area contributed by atoms with E-state index in [9.17, 15) is 13.6 Å². The molecule has 1 aromatic carbocycles. The maximum atomic E-state index is 14.2. The number of hydrogen-bond donors (Lipinski definition) is 1. The van der Waals surface area contributed by atoms with Crippen LogP contribution in [0.2, 0.25) is 5.02 Å². The molecule has 9 heteroatoms. The number of halogens is 3. The van der Waals surface area contributed by atoms with Gasteiger partial charge >= 0.3 is 0 Å². The standard InChI is InChI=1S/C21H24ClF2N5O/c1-13-11-21(23,24)18-17(13)19(27-12-26-18)28-6-8-29(9-7-28)20(30)16(25)10-14-2-4-15(22)5-3-14/h2-5,12-13,16H,6-11,25H2,1H3/t13-,16?/m1/s1. The molecule has 1 aliphatic carbocycles. The van der Waals surface area contributed by atoms with Crippen molar-refractivity contribution in [1.29, 1.82) is 0 Å². The van der Waals surface area contributed by atoms with Crippen LogP contribution in [0.3, 0.4) is 0 Å². The fourth-order valence-electron chi connectivity index (χ4n) is 4.30. The highest BCUT2D eigenvalue weighted by atomic mass is 35.5. The van der Waals surface area contributed by atoms with Gasteiger partial charge in [0, 0.05) is 43.2 Å². The van der Waals surface area contributed by atoms with Gasteiger partial charge in [-0.05, 0) is 30.0 Å². The Morgan fingerprint density at radius 1 is 1.23 bits per heavy atom. The van der Waals surface area contributed by atoms with E-state index in [1.165, 1.54) is 6.33 Å². The molecular formula is C21H24ClF2N5O. The molecule has 30 heavy (non-hydrogen) atoms. The lowest BCUT2D eigenvalue weighted by Gasteiger charge is -2.37. The predicted molar refractivity (Wildman–Crippen MR) is 111 cm³/mol. The van der Waals surface area contributed by atoms with Crippen LogP contribution in [0.5, 0.6) is 0 Å².